The lowest BCUT2D eigenvalue weighted by atomic mass is 9.93. The zero-order valence-electron chi connectivity index (χ0n) is 21.7. The number of likely N-dealkylation sites (N-methyl/N-ethyl adjacent to an activating group) is 1. The quantitative estimate of drug-likeness (QED) is 0.604. The Labute approximate surface area is 216 Å². The maximum Gasteiger partial charge on any atom is 0.338 e. The van der Waals surface area contributed by atoms with Crippen LogP contribution in [0.4, 0.5) is 9.18 Å². The van der Waals surface area contributed by atoms with Crippen LogP contribution in [-0.2, 0) is 9.53 Å². The largest absolute Gasteiger partial charge is 0.463 e. The van der Waals surface area contributed by atoms with E-state index in [4.69, 9.17) is 4.74 Å². The monoisotopic (exact) mass is 508 g/mol. The molecule has 0 spiro atoms. The predicted octanol–water partition coefficient (Wildman–Crippen LogP) is 3.49. The number of nitrogens with one attached hydrogen (secondary N) is 1. The van der Waals surface area contributed by atoms with Crippen LogP contribution in [0, 0.1) is 12.7 Å². The maximum atomic E-state index is 13.3. The first-order chi connectivity index (χ1) is 17.7. The van der Waals surface area contributed by atoms with E-state index >= 15 is 0 Å². The lowest BCUT2D eigenvalue weighted by Crippen LogP contribution is -2.56. The molecule has 0 bridgehead atoms. The highest BCUT2D eigenvalue weighted by Gasteiger charge is 2.38. The van der Waals surface area contributed by atoms with Gasteiger partial charge in [0.05, 0.1) is 18.2 Å². The van der Waals surface area contributed by atoms with Crippen molar-refractivity contribution < 1.29 is 23.5 Å². The summed E-state index contributed by atoms with van der Waals surface area (Å²) in [6.45, 7) is 7.84. The number of benzene rings is 2. The number of piperazine rings is 1. The molecule has 0 unspecified atom stereocenters. The van der Waals surface area contributed by atoms with Crippen LogP contribution in [0.5, 0.6) is 0 Å². The van der Waals surface area contributed by atoms with Crippen LogP contribution in [0.2, 0.25) is 0 Å². The van der Waals surface area contributed by atoms with Crippen LogP contribution in [-0.4, -0.2) is 78.5 Å². The van der Waals surface area contributed by atoms with Crippen molar-refractivity contribution in [3.8, 4) is 0 Å². The number of rotatable bonds is 6. The molecule has 1 N–H and O–H groups in total. The molecule has 9 heteroatoms. The zero-order chi connectivity index (χ0) is 26.7. The minimum absolute atomic E-state index is 0.117. The molecule has 37 heavy (non-hydrogen) atoms. The third kappa shape index (κ3) is 5.67. The van der Waals surface area contributed by atoms with Gasteiger partial charge >= 0.3 is 12.0 Å². The fraction of sp³-hybridized carbons (Fsp3) is 0.393. The fourth-order valence-electron chi connectivity index (χ4n) is 4.86. The first-order valence-electron chi connectivity index (χ1n) is 12.5. The van der Waals surface area contributed by atoms with E-state index in [0.29, 0.717) is 43.0 Å². The van der Waals surface area contributed by atoms with E-state index in [9.17, 15) is 18.8 Å². The van der Waals surface area contributed by atoms with Crippen LogP contribution < -0.4 is 5.32 Å². The summed E-state index contributed by atoms with van der Waals surface area (Å²) in [5.41, 5.74) is 3.31. The molecule has 8 nitrogen and oxygen atoms in total. The fourth-order valence-corrected chi connectivity index (χ4v) is 4.86. The summed E-state index contributed by atoms with van der Waals surface area (Å²) in [6, 6.07) is 12.2. The molecule has 4 rings (SSSR count). The molecule has 1 fully saturated rings. The van der Waals surface area contributed by atoms with Crippen molar-refractivity contribution in [2.24, 2.45) is 0 Å². The van der Waals surface area contributed by atoms with Crippen LogP contribution in [0.25, 0.3) is 0 Å². The van der Waals surface area contributed by atoms with Gasteiger partial charge in [0, 0.05) is 50.5 Å². The molecule has 2 aromatic rings. The van der Waals surface area contributed by atoms with Crippen molar-refractivity contribution in [1.82, 2.24) is 20.0 Å². The van der Waals surface area contributed by atoms with Gasteiger partial charge < -0.3 is 15.0 Å². The standard InChI is InChI=1S/C28H33FN4O4/c1-5-37-27(35)24-23(31(4)28(36)30-25(24)20-8-6-18(2)7-9-20)17-32-14-15-33(19(3)16-32)26(34)21-10-12-22(29)13-11-21/h6-13,19,25H,5,14-17H2,1-4H3,(H,30,36)/t19-,25-/m0/s1. The van der Waals surface area contributed by atoms with E-state index in [0.717, 1.165) is 11.1 Å². The van der Waals surface area contributed by atoms with E-state index in [1.54, 1.807) is 18.9 Å². The highest BCUT2D eigenvalue weighted by Crippen LogP contribution is 2.32. The molecular formula is C28H33FN4O4. The van der Waals surface area contributed by atoms with Gasteiger partial charge in [0.2, 0.25) is 0 Å². The van der Waals surface area contributed by atoms with E-state index in [1.165, 1.54) is 29.2 Å². The Bertz CT molecular complexity index is 1200. The third-order valence-corrected chi connectivity index (χ3v) is 6.92. The van der Waals surface area contributed by atoms with Crippen LogP contribution in [0.3, 0.4) is 0 Å². The average molecular weight is 509 g/mol. The molecule has 2 aliphatic heterocycles. The Hall–Kier alpha value is -3.72. The second-order valence-electron chi connectivity index (χ2n) is 9.52. The summed E-state index contributed by atoms with van der Waals surface area (Å²) in [6.07, 6.45) is 0. The van der Waals surface area contributed by atoms with Gasteiger partial charge in [-0.3, -0.25) is 14.6 Å². The maximum absolute atomic E-state index is 13.3. The van der Waals surface area contributed by atoms with Gasteiger partial charge in [0.25, 0.3) is 5.91 Å². The molecular weight excluding hydrogens is 475 g/mol. The molecule has 2 aliphatic rings. The average Bonchev–Trinajstić information content (AvgIpc) is 2.87. The number of carbonyl (C=O) groups is 3. The number of urea groups is 1. The van der Waals surface area contributed by atoms with E-state index in [-0.39, 0.29) is 30.4 Å². The summed E-state index contributed by atoms with van der Waals surface area (Å²) in [5.74, 6) is -0.995. The van der Waals surface area contributed by atoms with E-state index < -0.39 is 12.0 Å². The number of aryl methyl sites for hydroxylation is 1. The summed E-state index contributed by atoms with van der Waals surface area (Å²) in [7, 11) is 1.65. The van der Waals surface area contributed by atoms with Crippen molar-refractivity contribution in [1.29, 1.82) is 0 Å². The Morgan fingerprint density at radius 3 is 2.38 bits per heavy atom. The first kappa shape index (κ1) is 26.3. The Balaban J connectivity index is 1.59. The Kier molecular flexibility index (Phi) is 7.92. The van der Waals surface area contributed by atoms with E-state index in [1.807, 2.05) is 38.1 Å². The number of nitrogens with zero attached hydrogens (tertiary/aromatic N) is 3. The van der Waals surface area contributed by atoms with E-state index in [2.05, 4.69) is 10.2 Å². The van der Waals surface area contributed by atoms with Gasteiger partial charge in [-0.25, -0.2) is 14.0 Å². The summed E-state index contributed by atoms with van der Waals surface area (Å²) >= 11 is 0. The molecule has 0 radical (unpaired) electrons. The molecule has 0 aliphatic carbocycles. The smallest absolute Gasteiger partial charge is 0.338 e. The topological polar surface area (TPSA) is 82.2 Å². The highest BCUT2D eigenvalue weighted by atomic mass is 19.1. The van der Waals surface area contributed by atoms with Crippen molar-refractivity contribution >= 4 is 17.9 Å². The van der Waals surface area contributed by atoms with Crippen LogP contribution >= 0.6 is 0 Å². The van der Waals surface area contributed by atoms with Gasteiger partial charge in [0.1, 0.15) is 5.82 Å². The number of esters is 1. The number of amides is 3. The number of carbonyl (C=O) groups excluding carboxylic acids is 3. The van der Waals surface area contributed by atoms with Gasteiger partial charge in [-0.1, -0.05) is 29.8 Å². The number of hydrogen-bond acceptors (Lipinski definition) is 5. The molecule has 2 aromatic carbocycles. The normalized spacial score (nSPS) is 20.6. The van der Waals surface area contributed by atoms with Gasteiger partial charge in [-0.2, -0.15) is 0 Å². The molecule has 0 aromatic heterocycles. The lowest BCUT2D eigenvalue weighted by molar-refractivity contribution is -0.139. The summed E-state index contributed by atoms with van der Waals surface area (Å²) in [4.78, 5) is 44.5. The molecule has 2 atom stereocenters. The highest BCUT2D eigenvalue weighted by molar-refractivity contribution is 5.95. The van der Waals surface area contributed by atoms with Crippen LogP contribution in [0.1, 0.15) is 41.4 Å². The minimum Gasteiger partial charge on any atom is -0.463 e. The second kappa shape index (κ2) is 11.1. The van der Waals surface area contributed by atoms with Gasteiger partial charge in [-0.15, -0.1) is 0 Å². The molecule has 1 saturated heterocycles. The van der Waals surface area contributed by atoms with Crippen molar-refractivity contribution in [2.45, 2.75) is 32.9 Å². The van der Waals surface area contributed by atoms with Gasteiger partial charge in [-0.05, 0) is 50.6 Å². The van der Waals surface area contributed by atoms with Crippen molar-refractivity contribution in [3.63, 3.8) is 0 Å². The SMILES string of the molecule is CCOC(=O)C1=C(CN2CCN(C(=O)c3ccc(F)cc3)[C@@H](C)C2)N(C)C(=O)N[C@H]1c1ccc(C)cc1. The summed E-state index contributed by atoms with van der Waals surface area (Å²) in [5, 5.41) is 2.94. The number of halogens is 1. The number of ether oxygens (including phenoxy) is 1. The second-order valence-corrected chi connectivity index (χ2v) is 9.52. The molecule has 196 valence electrons. The first-order valence-corrected chi connectivity index (χ1v) is 12.5. The molecule has 3 amide bonds. The Morgan fingerprint density at radius 1 is 1.08 bits per heavy atom. The number of hydrogen-bond donors (Lipinski definition) is 1. The Morgan fingerprint density at radius 2 is 1.76 bits per heavy atom. The summed E-state index contributed by atoms with van der Waals surface area (Å²) < 4.78 is 18.7. The van der Waals surface area contributed by atoms with Crippen LogP contribution in [0.15, 0.2) is 59.8 Å². The predicted molar refractivity (Wildman–Crippen MR) is 137 cm³/mol. The molecule has 0 saturated carbocycles. The lowest BCUT2D eigenvalue weighted by Gasteiger charge is -2.42. The minimum atomic E-state index is -0.628. The van der Waals surface area contributed by atoms with Crippen molar-refractivity contribution in [3.05, 3.63) is 82.3 Å². The van der Waals surface area contributed by atoms with Crippen molar-refractivity contribution in [2.75, 3.05) is 39.8 Å². The molecule has 2 heterocycles. The van der Waals surface area contributed by atoms with Gasteiger partial charge in [0.15, 0.2) is 0 Å². The zero-order valence-corrected chi connectivity index (χ0v) is 21.7. The third-order valence-electron chi connectivity index (χ3n) is 6.92.